The largest absolute Gasteiger partial charge is 0.477 e. The van der Waals surface area contributed by atoms with E-state index in [4.69, 9.17) is 5.11 Å². The molecule has 2 aromatic rings. The van der Waals surface area contributed by atoms with Crippen LogP contribution in [0.3, 0.4) is 0 Å². The van der Waals surface area contributed by atoms with Crippen LogP contribution in [0.1, 0.15) is 10.5 Å². The molecule has 0 aliphatic heterocycles. The molecule has 0 unspecified atom stereocenters. The van der Waals surface area contributed by atoms with Crippen molar-refractivity contribution in [2.24, 2.45) is 0 Å². The Balaban J connectivity index is 1.91. The van der Waals surface area contributed by atoms with Crippen LogP contribution in [0.25, 0.3) is 0 Å². The Morgan fingerprint density at radius 2 is 1.95 bits per heavy atom. The van der Waals surface area contributed by atoms with Gasteiger partial charge in [0.1, 0.15) is 5.82 Å². The van der Waals surface area contributed by atoms with Crippen LogP contribution < -0.4 is 5.32 Å². The fraction of sp³-hybridized carbons (Fsp3) is 0.0769. The maximum Gasteiger partial charge on any atom is 0.354 e. The molecule has 2 rings (SSSR count). The molecule has 0 radical (unpaired) electrons. The number of hydrogen-bond donors (Lipinski definition) is 2. The van der Waals surface area contributed by atoms with Gasteiger partial charge in [0.25, 0.3) is 0 Å². The van der Waals surface area contributed by atoms with Crippen molar-refractivity contribution in [3.63, 3.8) is 0 Å². The molecule has 0 fully saturated rings. The number of nitrogens with one attached hydrogen (secondary N) is 1. The Hall–Kier alpha value is -2.41. The monoisotopic (exact) mass is 289 g/mol. The van der Waals surface area contributed by atoms with Gasteiger partial charge in [0.2, 0.25) is 5.91 Å². The molecule has 0 aromatic carbocycles. The Labute approximate surface area is 119 Å². The van der Waals surface area contributed by atoms with Crippen LogP contribution in [0.2, 0.25) is 0 Å². The number of nitrogens with zero attached hydrogens (tertiary/aromatic N) is 2. The van der Waals surface area contributed by atoms with Gasteiger partial charge in [0.05, 0.1) is 5.75 Å². The molecule has 102 valence electrons. The number of hydrogen-bond acceptors (Lipinski definition) is 5. The van der Waals surface area contributed by atoms with E-state index < -0.39 is 5.97 Å². The van der Waals surface area contributed by atoms with E-state index in [1.54, 1.807) is 30.6 Å². The van der Waals surface area contributed by atoms with Crippen molar-refractivity contribution in [3.05, 3.63) is 48.4 Å². The van der Waals surface area contributed by atoms with Crippen LogP contribution in [0, 0.1) is 0 Å². The van der Waals surface area contributed by atoms with E-state index in [9.17, 15) is 9.59 Å². The fourth-order valence-corrected chi connectivity index (χ4v) is 2.07. The third-order valence-electron chi connectivity index (χ3n) is 2.26. The lowest BCUT2D eigenvalue weighted by atomic mass is 10.3. The number of carboxylic acid groups (broad SMARTS) is 1. The lowest BCUT2D eigenvalue weighted by Gasteiger charge is -2.05. The van der Waals surface area contributed by atoms with Crippen molar-refractivity contribution in [1.29, 1.82) is 0 Å². The summed E-state index contributed by atoms with van der Waals surface area (Å²) in [5, 5.41) is 11.4. The smallest absolute Gasteiger partial charge is 0.354 e. The average molecular weight is 289 g/mol. The molecule has 20 heavy (non-hydrogen) atoms. The second kappa shape index (κ2) is 6.67. The molecule has 0 saturated carbocycles. The van der Waals surface area contributed by atoms with Gasteiger partial charge in [0, 0.05) is 17.3 Å². The van der Waals surface area contributed by atoms with E-state index in [1.165, 1.54) is 23.9 Å². The predicted molar refractivity (Wildman–Crippen MR) is 74.8 cm³/mol. The lowest BCUT2D eigenvalue weighted by Crippen LogP contribution is -2.16. The number of pyridine rings is 2. The number of rotatable bonds is 5. The van der Waals surface area contributed by atoms with Gasteiger partial charge in [-0.15, -0.1) is 11.8 Å². The number of carboxylic acids is 1. The zero-order chi connectivity index (χ0) is 14.4. The minimum atomic E-state index is -1.13. The van der Waals surface area contributed by atoms with E-state index in [0.29, 0.717) is 0 Å². The number of carbonyl (C=O) groups excluding carboxylic acids is 1. The van der Waals surface area contributed by atoms with Crippen molar-refractivity contribution in [2.75, 3.05) is 11.1 Å². The van der Waals surface area contributed by atoms with E-state index in [2.05, 4.69) is 15.3 Å². The molecule has 0 bridgehead atoms. The van der Waals surface area contributed by atoms with Crippen LogP contribution in [0.15, 0.2) is 47.6 Å². The zero-order valence-electron chi connectivity index (χ0n) is 10.3. The van der Waals surface area contributed by atoms with E-state index in [0.717, 1.165) is 4.90 Å². The van der Waals surface area contributed by atoms with Crippen molar-refractivity contribution >= 4 is 29.5 Å². The summed E-state index contributed by atoms with van der Waals surface area (Å²) in [6.07, 6.45) is 3.30. The first-order valence-corrected chi connectivity index (χ1v) is 6.67. The summed E-state index contributed by atoms with van der Waals surface area (Å²) in [4.78, 5) is 31.1. The summed E-state index contributed by atoms with van der Waals surface area (Å²) in [6.45, 7) is 0. The molecule has 0 spiro atoms. The van der Waals surface area contributed by atoms with E-state index >= 15 is 0 Å². The Morgan fingerprint density at radius 1 is 1.20 bits per heavy atom. The first kappa shape index (κ1) is 14.0. The Bertz CT molecular complexity index is 619. The molecule has 7 heteroatoms. The first-order valence-electron chi connectivity index (χ1n) is 5.68. The minimum Gasteiger partial charge on any atom is -0.477 e. The van der Waals surface area contributed by atoms with Crippen molar-refractivity contribution in [1.82, 2.24) is 9.97 Å². The first-order chi connectivity index (χ1) is 9.65. The van der Waals surface area contributed by atoms with Crippen molar-refractivity contribution in [2.45, 2.75) is 4.90 Å². The third kappa shape index (κ3) is 4.06. The summed E-state index contributed by atoms with van der Waals surface area (Å²) in [6, 6.07) is 8.05. The molecule has 0 aliphatic carbocycles. The standard InChI is InChI=1S/C13H11N3O3S/c17-12(8-20-9-4-6-14-7-5-9)16-11-3-1-2-10(15-11)13(18)19/h1-7H,8H2,(H,18,19)(H,15,16,17). The van der Waals surface area contributed by atoms with Gasteiger partial charge >= 0.3 is 5.97 Å². The summed E-state index contributed by atoms with van der Waals surface area (Å²) >= 11 is 1.36. The number of aromatic nitrogens is 2. The summed E-state index contributed by atoms with van der Waals surface area (Å²) < 4.78 is 0. The fourth-order valence-electron chi connectivity index (χ4n) is 1.39. The van der Waals surface area contributed by atoms with Gasteiger partial charge in [-0.25, -0.2) is 9.78 Å². The number of carbonyl (C=O) groups is 2. The summed E-state index contributed by atoms with van der Waals surface area (Å²) in [5.74, 6) is -0.942. The second-order valence-electron chi connectivity index (χ2n) is 3.73. The highest BCUT2D eigenvalue weighted by Gasteiger charge is 2.08. The second-order valence-corrected chi connectivity index (χ2v) is 4.78. The minimum absolute atomic E-state index is 0.107. The summed E-state index contributed by atoms with van der Waals surface area (Å²) in [5.41, 5.74) is -0.107. The summed E-state index contributed by atoms with van der Waals surface area (Å²) in [7, 11) is 0. The van der Waals surface area contributed by atoms with Crippen LogP contribution in [0.4, 0.5) is 5.82 Å². The SMILES string of the molecule is O=C(CSc1ccncc1)Nc1cccc(C(=O)O)n1. The van der Waals surface area contributed by atoms with Crippen LogP contribution in [-0.2, 0) is 4.79 Å². The van der Waals surface area contributed by atoms with Gasteiger partial charge in [-0.2, -0.15) is 0 Å². The highest BCUT2D eigenvalue weighted by molar-refractivity contribution is 8.00. The van der Waals surface area contributed by atoms with Gasteiger partial charge in [-0.3, -0.25) is 9.78 Å². The number of thioether (sulfide) groups is 1. The molecule has 2 heterocycles. The molecule has 1 amide bonds. The number of anilines is 1. The van der Waals surface area contributed by atoms with Gasteiger partial charge < -0.3 is 10.4 Å². The van der Waals surface area contributed by atoms with Gasteiger partial charge in [-0.1, -0.05) is 6.07 Å². The molecular formula is C13H11N3O3S. The van der Waals surface area contributed by atoms with E-state index in [1.807, 2.05) is 0 Å². The maximum atomic E-state index is 11.7. The van der Waals surface area contributed by atoms with Crippen LogP contribution >= 0.6 is 11.8 Å². The molecule has 0 atom stereocenters. The van der Waals surface area contributed by atoms with Gasteiger partial charge in [0.15, 0.2) is 5.69 Å². The highest BCUT2D eigenvalue weighted by atomic mass is 32.2. The average Bonchev–Trinajstić information content (AvgIpc) is 2.46. The normalized spacial score (nSPS) is 10.0. The van der Waals surface area contributed by atoms with Crippen LogP contribution in [-0.4, -0.2) is 32.7 Å². The molecule has 6 nitrogen and oxygen atoms in total. The van der Waals surface area contributed by atoms with Crippen molar-refractivity contribution in [3.8, 4) is 0 Å². The predicted octanol–water partition coefficient (Wildman–Crippen LogP) is 1.91. The highest BCUT2D eigenvalue weighted by Crippen LogP contribution is 2.16. The molecule has 0 saturated heterocycles. The van der Waals surface area contributed by atoms with Crippen molar-refractivity contribution < 1.29 is 14.7 Å². The Kier molecular flexibility index (Phi) is 4.67. The number of amides is 1. The quantitative estimate of drug-likeness (QED) is 0.817. The maximum absolute atomic E-state index is 11.7. The zero-order valence-corrected chi connectivity index (χ0v) is 11.1. The molecule has 2 N–H and O–H groups in total. The third-order valence-corrected chi connectivity index (χ3v) is 3.27. The van der Waals surface area contributed by atoms with E-state index in [-0.39, 0.29) is 23.2 Å². The Morgan fingerprint density at radius 3 is 2.65 bits per heavy atom. The molecule has 0 aliphatic rings. The van der Waals surface area contributed by atoms with Crippen LogP contribution in [0.5, 0.6) is 0 Å². The molecule has 2 aromatic heterocycles. The number of aromatic carboxylic acids is 1. The molecular weight excluding hydrogens is 278 g/mol. The van der Waals surface area contributed by atoms with Gasteiger partial charge in [-0.05, 0) is 24.3 Å². The lowest BCUT2D eigenvalue weighted by molar-refractivity contribution is -0.113. The topological polar surface area (TPSA) is 92.2 Å².